The van der Waals surface area contributed by atoms with Crippen LogP contribution in [0.15, 0.2) is 30.3 Å². The van der Waals surface area contributed by atoms with Crippen molar-refractivity contribution in [2.75, 3.05) is 6.54 Å². The van der Waals surface area contributed by atoms with Crippen molar-refractivity contribution < 1.29 is 14.7 Å². The van der Waals surface area contributed by atoms with Crippen molar-refractivity contribution in [1.29, 1.82) is 0 Å². The molecule has 0 saturated carbocycles. The minimum atomic E-state index is -1.03. The standard InChI is InChI=1S/C16H24N2O3/c1-11(2)8-13(10-17)15(19)18-14(16(20)21)9-12-6-4-3-5-7-12/h3-7,11,13-14H,8-10,17H2,1-2H3,(H,18,19)(H,20,21)/t13?,14-/m0/s1. The van der Waals surface area contributed by atoms with Crippen LogP contribution in [0.2, 0.25) is 0 Å². The average Bonchev–Trinajstić information content (AvgIpc) is 2.44. The second-order valence-corrected chi connectivity index (χ2v) is 5.65. The zero-order valence-electron chi connectivity index (χ0n) is 12.6. The molecule has 2 atom stereocenters. The lowest BCUT2D eigenvalue weighted by Gasteiger charge is -2.20. The van der Waals surface area contributed by atoms with Crippen LogP contribution in [0.5, 0.6) is 0 Å². The predicted molar refractivity (Wildman–Crippen MR) is 81.7 cm³/mol. The Balaban J connectivity index is 2.69. The number of nitrogens with one attached hydrogen (secondary N) is 1. The van der Waals surface area contributed by atoms with E-state index in [0.717, 1.165) is 5.56 Å². The van der Waals surface area contributed by atoms with E-state index in [0.29, 0.717) is 12.3 Å². The number of hydrogen-bond acceptors (Lipinski definition) is 3. The fraction of sp³-hybridized carbons (Fsp3) is 0.500. The second-order valence-electron chi connectivity index (χ2n) is 5.65. The number of nitrogens with two attached hydrogens (primary N) is 1. The molecule has 0 fully saturated rings. The van der Waals surface area contributed by atoms with E-state index >= 15 is 0 Å². The van der Waals surface area contributed by atoms with Crippen molar-refractivity contribution in [3.8, 4) is 0 Å². The molecule has 0 saturated heterocycles. The van der Waals surface area contributed by atoms with Crippen LogP contribution in [0.1, 0.15) is 25.8 Å². The summed E-state index contributed by atoms with van der Waals surface area (Å²) < 4.78 is 0. The second kappa shape index (κ2) is 8.42. The first-order valence-corrected chi connectivity index (χ1v) is 7.21. The van der Waals surface area contributed by atoms with E-state index in [1.165, 1.54) is 0 Å². The molecule has 0 aromatic heterocycles. The molecule has 1 rings (SSSR count). The van der Waals surface area contributed by atoms with Crippen molar-refractivity contribution in [2.45, 2.75) is 32.7 Å². The molecule has 0 aliphatic carbocycles. The Morgan fingerprint density at radius 2 is 1.86 bits per heavy atom. The van der Waals surface area contributed by atoms with E-state index in [1.807, 2.05) is 44.2 Å². The number of hydrogen-bond donors (Lipinski definition) is 3. The summed E-state index contributed by atoms with van der Waals surface area (Å²) in [6, 6.07) is 8.31. The topological polar surface area (TPSA) is 92.4 Å². The van der Waals surface area contributed by atoms with Gasteiger partial charge in [0, 0.05) is 13.0 Å². The summed E-state index contributed by atoms with van der Waals surface area (Å²) in [4.78, 5) is 23.5. The normalized spacial score (nSPS) is 13.7. The van der Waals surface area contributed by atoms with Crippen molar-refractivity contribution >= 4 is 11.9 Å². The number of benzene rings is 1. The van der Waals surface area contributed by atoms with Gasteiger partial charge in [-0.15, -0.1) is 0 Å². The smallest absolute Gasteiger partial charge is 0.326 e. The number of amides is 1. The SMILES string of the molecule is CC(C)CC(CN)C(=O)N[C@@H](Cc1ccccc1)C(=O)O. The maximum absolute atomic E-state index is 12.2. The van der Waals surface area contributed by atoms with Crippen LogP contribution in [-0.4, -0.2) is 29.6 Å². The number of rotatable bonds is 8. The molecule has 1 aromatic carbocycles. The summed E-state index contributed by atoms with van der Waals surface area (Å²) in [5, 5.41) is 11.9. The molecule has 1 unspecified atom stereocenters. The summed E-state index contributed by atoms with van der Waals surface area (Å²) in [6.45, 7) is 4.24. The van der Waals surface area contributed by atoms with Crippen molar-refractivity contribution in [3.05, 3.63) is 35.9 Å². The Bertz CT molecular complexity index is 460. The van der Waals surface area contributed by atoms with E-state index in [9.17, 15) is 14.7 Å². The minimum Gasteiger partial charge on any atom is -0.480 e. The van der Waals surface area contributed by atoms with Gasteiger partial charge in [-0.25, -0.2) is 4.79 Å². The van der Waals surface area contributed by atoms with Crippen LogP contribution >= 0.6 is 0 Å². The van der Waals surface area contributed by atoms with E-state index in [2.05, 4.69) is 5.32 Å². The van der Waals surface area contributed by atoms with Crippen molar-refractivity contribution in [3.63, 3.8) is 0 Å². The molecule has 116 valence electrons. The Kier molecular flexibility index (Phi) is 6.88. The maximum atomic E-state index is 12.2. The number of carboxylic acids is 1. The van der Waals surface area contributed by atoms with Crippen LogP contribution in [-0.2, 0) is 16.0 Å². The molecule has 5 heteroatoms. The first kappa shape index (κ1) is 17.2. The fourth-order valence-electron chi connectivity index (χ4n) is 2.22. The number of carboxylic acid groups (broad SMARTS) is 1. The molecule has 21 heavy (non-hydrogen) atoms. The Labute approximate surface area is 125 Å². The Morgan fingerprint density at radius 1 is 1.24 bits per heavy atom. The molecule has 0 bridgehead atoms. The van der Waals surface area contributed by atoms with Gasteiger partial charge in [0.05, 0.1) is 5.92 Å². The molecule has 4 N–H and O–H groups in total. The van der Waals surface area contributed by atoms with E-state index in [1.54, 1.807) is 0 Å². The maximum Gasteiger partial charge on any atom is 0.326 e. The van der Waals surface area contributed by atoms with E-state index in [4.69, 9.17) is 5.73 Å². The minimum absolute atomic E-state index is 0.224. The Morgan fingerprint density at radius 3 is 2.33 bits per heavy atom. The summed E-state index contributed by atoms with van der Waals surface area (Å²) >= 11 is 0. The average molecular weight is 292 g/mol. The zero-order chi connectivity index (χ0) is 15.8. The summed E-state index contributed by atoms with van der Waals surface area (Å²) in [6.07, 6.45) is 0.918. The highest BCUT2D eigenvalue weighted by atomic mass is 16.4. The number of carbonyl (C=O) groups is 2. The summed E-state index contributed by atoms with van der Waals surface area (Å²) in [5.41, 5.74) is 6.49. The highest BCUT2D eigenvalue weighted by Crippen LogP contribution is 2.12. The van der Waals surface area contributed by atoms with Gasteiger partial charge in [0.15, 0.2) is 0 Å². The quantitative estimate of drug-likeness (QED) is 0.675. The first-order chi connectivity index (χ1) is 9.93. The van der Waals surface area contributed by atoms with Gasteiger partial charge in [-0.1, -0.05) is 44.2 Å². The van der Waals surface area contributed by atoms with Gasteiger partial charge in [0.2, 0.25) is 5.91 Å². The zero-order valence-corrected chi connectivity index (χ0v) is 12.6. The molecule has 0 radical (unpaired) electrons. The molecule has 0 heterocycles. The lowest BCUT2D eigenvalue weighted by Crippen LogP contribution is -2.46. The molecule has 1 aromatic rings. The molecular formula is C16H24N2O3. The van der Waals surface area contributed by atoms with Crippen LogP contribution in [0.25, 0.3) is 0 Å². The molecule has 0 aliphatic heterocycles. The molecule has 0 aliphatic rings. The van der Waals surface area contributed by atoms with Gasteiger partial charge >= 0.3 is 5.97 Å². The van der Waals surface area contributed by atoms with E-state index < -0.39 is 12.0 Å². The highest BCUT2D eigenvalue weighted by molar-refractivity contribution is 5.85. The van der Waals surface area contributed by atoms with Gasteiger partial charge in [0.25, 0.3) is 0 Å². The third kappa shape index (κ3) is 5.95. The molecule has 0 spiro atoms. The van der Waals surface area contributed by atoms with Gasteiger partial charge < -0.3 is 16.2 Å². The number of aliphatic carboxylic acids is 1. The van der Waals surface area contributed by atoms with E-state index in [-0.39, 0.29) is 24.8 Å². The van der Waals surface area contributed by atoms with Gasteiger partial charge in [-0.05, 0) is 17.9 Å². The number of carbonyl (C=O) groups excluding carboxylic acids is 1. The molecule has 1 amide bonds. The summed E-state index contributed by atoms with van der Waals surface area (Å²) in [5.74, 6) is -1.33. The van der Waals surface area contributed by atoms with Crippen LogP contribution < -0.4 is 11.1 Å². The lowest BCUT2D eigenvalue weighted by molar-refractivity contribution is -0.142. The molecular weight excluding hydrogens is 268 g/mol. The van der Waals surface area contributed by atoms with Gasteiger partial charge in [-0.3, -0.25) is 4.79 Å². The van der Waals surface area contributed by atoms with Gasteiger partial charge in [-0.2, -0.15) is 0 Å². The predicted octanol–water partition coefficient (Wildman–Crippen LogP) is 1.42. The highest BCUT2D eigenvalue weighted by Gasteiger charge is 2.25. The first-order valence-electron chi connectivity index (χ1n) is 7.21. The monoisotopic (exact) mass is 292 g/mol. The van der Waals surface area contributed by atoms with Crippen LogP contribution in [0, 0.1) is 11.8 Å². The lowest BCUT2D eigenvalue weighted by atomic mass is 9.95. The molecule has 5 nitrogen and oxygen atoms in total. The summed E-state index contributed by atoms with van der Waals surface area (Å²) in [7, 11) is 0. The largest absolute Gasteiger partial charge is 0.480 e. The van der Waals surface area contributed by atoms with Crippen LogP contribution in [0.4, 0.5) is 0 Å². The van der Waals surface area contributed by atoms with Crippen LogP contribution in [0.3, 0.4) is 0 Å². The van der Waals surface area contributed by atoms with Crippen molar-refractivity contribution in [1.82, 2.24) is 5.32 Å². The fourth-order valence-corrected chi connectivity index (χ4v) is 2.22. The Hall–Kier alpha value is -1.88. The third-order valence-electron chi connectivity index (χ3n) is 3.31. The van der Waals surface area contributed by atoms with Crippen molar-refractivity contribution in [2.24, 2.45) is 17.6 Å². The third-order valence-corrected chi connectivity index (χ3v) is 3.31. The van der Waals surface area contributed by atoms with Gasteiger partial charge in [0.1, 0.15) is 6.04 Å².